The molecule has 7 heteroatoms. The molecule has 146 valence electrons. The first-order valence-corrected chi connectivity index (χ1v) is 8.67. The average molecular weight is 375 g/mol. The van der Waals surface area contributed by atoms with E-state index in [-0.39, 0.29) is 13.2 Å². The Morgan fingerprint density at radius 3 is 2.37 bits per heavy atom. The molecule has 0 heterocycles. The van der Waals surface area contributed by atoms with E-state index in [4.69, 9.17) is 14.2 Å². The number of hydrogen-bond acceptors (Lipinski definition) is 7. The van der Waals surface area contributed by atoms with Crippen LogP contribution in [-0.2, 0) is 9.53 Å². The Balaban J connectivity index is 1.63. The van der Waals surface area contributed by atoms with E-state index in [0.29, 0.717) is 31.2 Å². The molecule has 1 unspecified atom stereocenters. The van der Waals surface area contributed by atoms with Gasteiger partial charge in [-0.2, -0.15) is 0 Å². The van der Waals surface area contributed by atoms with Crippen LogP contribution in [0.5, 0.6) is 17.2 Å². The van der Waals surface area contributed by atoms with E-state index < -0.39 is 12.1 Å². The second-order valence-corrected chi connectivity index (χ2v) is 5.64. The van der Waals surface area contributed by atoms with E-state index in [1.807, 2.05) is 36.4 Å². The maximum atomic E-state index is 11.2. The number of benzene rings is 2. The van der Waals surface area contributed by atoms with Gasteiger partial charge in [0, 0.05) is 13.1 Å². The molecule has 0 saturated heterocycles. The number of aliphatic hydroxyl groups is 1. The average Bonchev–Trinajstić information content (AvgIpc) is 2.71. The van der Waals surface area contributed by atoms with Crippen LogP contribution in [-0.4, -0.2) is 57.2 Å². The summed E-state index contributed by atoms with van der Waals surface area (Å²) < 4.78 is 21.1. The Bertz CT molecular complexity index is 679. The highest BCUT2D eigenvalue weighted by molar-refractivity contribution is 5.71. The lowest BCUT2D eigenvalue weighted by Crippen LogP contribution is -2.33. The highest BCUT2D eigenvalue weighted by atomic mass is 16.6. The predicted octanol–water partition coefficient (Wildman–Crippen LogP) is 1.65. The predicted molar refractivity (Wildman–Crippen MR) is 100 cm³/mol. The lowest BCUT2D eigenvalue weighted by atomic mass is 10.3. The summed E-state index contributed by atoms with van der Waals surface area (Å²) in [6.07, 6.45) is -0.624. The lowest BCUT2D eigenvalue weighted by molar-refractivity contribution is -0.142. The summed E-state index contributed by atoms with van der Waals surface area (Å²) in [6.45, 7) is 1.33. The van der Waals surface area contributed by atoms with Crippen molar-refractivity contribution < 1.29 is 28.8 Å². The number of carbonyl (C=O) groups is 1. The van der Waals surface area contributed by atoms with Crippen LogP contribution in [0.25, 0.3) is 0 Å². The van der Waals surface area contributed by atoms with Crippen molar-refractivity contribution in [3.8, 4) is 17.2 Å². The Morgan fingerprint density at radius 2 is 1.67 bits per heavy atom. The number of aliphatic hydroxyl groups excluding tert-OH is 1. The van der Waals surface area contributed by atoms with E-state index in [0.717, 1.165) is 5.75 Å². The van der Waals surface area contributed by atoms with Gasteiger partial charge >= 0.3 is 5.97 Å². The summed E-state index contributed by atoms with van der Waals surface area (Å²) >= 11 is 0. The smallest absolute Gasteiger partial charge is 0.343 e. The standard InChI is InChI=1S/C20H25NO6/c1-24-20(23)15-27-19-10-6-5-9-18(19)25-12-11-21-13-16(22)14-26-17-7-3-2-4-8-17/h2-10,16,21-22H,11-15H2,1H3. The van der Waals surface area contributed by atoms with Crippen molar-refractivity contribution in [2.24, 2.45) is 0 Å². The van der Waals surface area contributed by atoms with Gasteiger partial charge in [-0.25, -0.2) is 4.79 Å². The largest absolute Gasteiger partial charge is 0.491 e. The minimum Gasteiger partial charge on any atom is -0.491 e. The number of para-hydroxylation sites is 3. The Hall–Kier alpha value is -2.77. The minimum atomic E-state index is -0.624. The fourth-order valence-corrected chi connectivity index (χ4v) is 2.15. The summed E-state index contributed by atoms with van der Waals surface area (Å²) in [4.78, 5) is 11.2. The first-order valence-electron chi connectivity index (χ1n) is 8.67. The molecule has 1 atom stereocenters. The molecule has 2 N–H and O–H groups in total. The van der Waals surface area contributed by atoms with Gasteiger partial charge in [-0.15, -0.1) is 0 Å². The van der Waals surface area contributed by atoms with Gasteiger partial charge in [0.05, 0.1) is 7.11 Å². The zero-order valence-electron chi connectivity index (χ0n) is 15.3. The van der Waals surface area contributed by atoms with Gasteiger partial charge in [0.15, 0.2) is 18.1 Å². The fraction of sp³-hybridized carbons (Fsp3) is 0.350. The van der Waals surface area contributed by atoms with Crippen LogP contribution < -0.4 is 19.5 Å². The van der Waals surface area contributed by atoms with Gasteiger partial charge in [-0.05, 0) is 24.3 Å². The normalized spacial score (nSPS) is 11.5. The minimum absolute atomic E-state index is 0.178. The maximum Gasteiger partial charge on any atom is 0.343 e. The van der Waals surface area contributed by atoms with Gasteiger partial charge < -0.3 is 29.4 Å². The van der Waals surface area contributed by atoms with Gasteiger partial charge in [0.25, 0.3) is 0 Å². The number of hydrogen-bond donors (Lipinski definition) is 2. The quantitative estimate of drug-likeness (QED) is 0.431. The first kappa shape index (κ1) is 20.5. The second kappa shape index (κ2) is 11.8. The Labute approximate surface area is 158 Å². The van der Waals surface area contributed by atoms with Crippen molar-refractivity contribution in [3.63, 3.8) is 0 Å². The van der Waals surface area contributed by atoms with Crippen molar-refractivity contribution in [2.45, 2.75) is 6.10 Å². The van der Waals surface area contributed by atoms with Gasteiger partial charge in [-0.3, -0.25) is 0 Å². The molecule has 0 aliphatic heterocycles. The number of esters is 1. The Kier molecular flexibility index (Phi) is 8.95. The van der Waals surface area contributed by atoms with E-state index >= 15 is 0 Å². The summed E-state index contributed by atoms with van der Waals surface area (Å²) in [7, 11) is 1.30. The van der Waals surface area contributed by atoms with Crippen LogP contribution in [0, 0.1) is 0 Å². The van der Waals surface area contributed by atoms with Crippen LogP contribution in [0.2, 0.25) is 0 Å². The van der Waals surface area contributed by atoms with E-state index in [9.17, 15) is 9.90 Å². The second-order valence-electron chi connectivity index (χ2n) is 5.64. The Morgan fingerprint density at radius 1 is 1.00 bits per heavy atom. The van der Waals surface area contributed by atoms with Crippen molar-refractivity contribution in [1.82, 2.24) is 5.32 Å². The summed E-state index contributed by atoms with van der Waals surface area (Å²) in [5, 5.41) is 13.0. The van der Waals surface area contributed by atoms with Crippen LogP contribution >= 0.6 is 0 Å². The summed E-state index contributed by atoms with van der Waals surface area (Å²) in [5.74, 6) is 1.27. The third kappa shape index (κ3) is 7.98. The number of ether oxygens (including phenoxy) is 4. The molecule has 27 heavy (non-hydrogen) atoms. The van der Waals surface area contributed by atoms with Crippen molar-refractivity contribution in [3.05, 3.63) is 54.6 Å². The molecule has 0 aliphatic rings. The van der Waals surface area contributed by atoms with Crippen LogP contribution in [0.4, 0.5) is 0 Å². The molecule has 2 rings (SSSR count). The van der Waals surface area contributed by atoms with E-state index in [1.54, 1.807) is 18.2 Å². The van der Waals surface area contributed by atoms with Crippen LogP contribution in [0.15, 0.2) is 54.6 Å². The molecule has 0 amide bonds. The maximum absolute atomic E-state index is 11.2. The molecule has 0 saturated carbocycles. The lowest BCUT2D eigenvalue weighted by Gasteiger charge is -2.14. The molecule has 0 fully saturated rings. The molecular formula is C20H25NO6. The molecule has 0 aromatic heterocycles. The molecular weight excluding hydrogens is 350 g/mol. The number of methoxy groups -OCH3 is 1. The molecule has 0 aliphatic carbocycles. The van der Waals surface area contributed by atoms with E-state index in [1.165, 1.54) is 7.11 Å². The monoisotopic (exact) mass is 375 g/mol. The number of nitrogens with one attached hydrogen (secondary N) is 1. The van der Waals surface area contributed by atoms with Crippen LogP contribution in [0.1, 0.15) is 0 Å². The third-order valence-electron chi connectivity index (χ3n) is 3.52. The van der Waals surface area contributed by atoms with Crippen molar-refractivity contribution in [2.75, 3.05) is 40.0 Å². The molecule has 0 bridgehead atoms. The highest BCUT2D eigenvalue weighted by Crippen LogP contribution is 2.26. The van der Waals surface area contributed by atoms with Gasteiger partial charge in [0.2, 0.25) is 0 Å². The molecule has 0 spiro atoms. The highest BCUT2D eigenvalue weighted by Gasteiger charge is 2.08. The summed E-state index contributed by atoms with van der Waals surface area (Å²) in [5.41, 5.74) is 0. The molecule has 0 radical (unpaired) electrons. The van der Waals surface area contributed by atoms with Gasteiger partial charge in [-0.1, -0.05) is 30.3 Å². The third-order valence-corrected chi connectivity index (χ3v) is 3.52. The fourth-order valence-electron chi connectivity index (χ4n) is 2.15. The molecule has 2 aromatic carbocycles. The number of carbonyl (C=O) groups excluding carboxylic acids is 1. The van der Waals surface area contributed by atoms with Crippen molar-refractivity contribution in [1.29, 1.82) is 0 Å². The zero-order chi connectivity index (χ0) is 19.3. The number of rotatable bonds is 12. The van der Waals surface area contributed by atoms with Gasteiger partial charge in [0.1, 0.15) is 25.1 Å². The van der Waals surface area contributed by atoms with E-state index in [2.05, 4.69) is 10.1 Å². The molecule has 2 aromatic rings. The zero-order valence-corrected chi connectivity index (χ0v) is 15.3. The summed E-state index contributed by atoms with van der Waals surface area (Å²) in [6, 6.07) is 16.4. The SMILES string of the molecule is COC(=O)COc1ccccc1OCCNCC(O)COc1ccccc1. The molecule has 7 nitrogen and oxygen atoms in total. The van der Waals surface area contributed by atoms with Crippen molar-refractivity contribution >= 4 is 5.97 Å². The topological polar surface area (TPSA) is 86.3 Å². The first-order chi connectivity index (χ1) is 13.2. The van der Waals surface area contributed by atoms with Crippen LogP contribution in [0.3, 0.4) is 0 Å².